The van der Waals surface area contributed by atoms with Gasteiger partial charge in [-0.15, -0.1) is 0 Å². The van der Waals surface area contributed by atoms with Gasteiger partial charge in [0, 0.05) is 11.9 Å². The second-order valence-electron chi connectivity index (χ2n) is 6.35. The molecule has 0 unspecified atom stereocenters. The third-order valence-corrected chi connectivity index (χ3v) is 4.40. The van der Waals surface area contributed by atoms with Crippen molar-refractivity contribution in [3.8, 4) is 0 Å². The van der Waals surface area contributed by atoms with Gasteiger partial charge < -0.3 is 4.90 Å². The van der Waals surface area contributed by atoms with Crippen LogP contribution in [0.4, 0.5) is 0 Å². The van der Waals surface area contributed by atoms with Crippen LogP contribution in [-0.4, -0.2) is 35.8 Å². The summed E-state index contributed by atoms with van der Waals surface area (Å²) in [5, 5.41) is 1.06. The standard InChI is InChI=1S/C10H7NO.C9H17N/c12-7-9-6-5-8-3-1-2-4-10(8)11-9;1-2-6-10(7-3-1)8-9-4-5-9/h1-7H;9H,1-8H2. The SMILES string of the molecule is C1CCN(CC2CC2)CC1.O=Cc1ccc2ccccc2n1. The van der Waals surface area contributed by atoms with Gasteiger partial charge >= 0.3 is 0 Å². The van der Waals surface area contributed by atoms with E-state index in [1.54, 1.807) is 6.07 Å². The molecule has 1 aliphatic carbocycles. The van der Waals surface area contributed by atoms with Crippen LogP contribution in [-0.2, 0) is 0 Å². The first-order chi connectivity index (χ1) is 10.8. The number of carbonyl (C=O) groups excluding carboxylic acids is 1. The van der Waals surface area contributed by atoms with E-state index < -0.39 is 0 Å². The second-order valence-corrected chi connectivity index (χ2v) is 6.35. The fraction of sp³-hybridized carbons (Fsp3) is 0.474. The van der Waals surface area contributed by atoms with Gasteiger partial charge in [0.1, 0.15) is 5.69 Å². The summed E-state index contributed by atoms with van der Waals surface area (Å²) >= 11 is 0. The van der Waals surface area contributed by atoms with Crippen molar-refractivity contribution in [2.75, 3.05) is 19.6 Å². The molecule has 3 nitrogen and oxygen atoms in total. The molecule has 0 atom stereocenters. The summed E-state index contributed by atoms with van der Waals surface area (Å²) in [4.78, 5) is 17.2. The van der Waals surface area contributed by atoms with Gasteiger partial charge in [0.25, 0.3) is 0 Å². The van der Waals surface area contributed by atoms with E-state index in [0.29, 0.717) is 5.69 Å². The summed E-state index contributed by atoms with van der Waals surface area (Å²) < 4.78 is 0. The Morgan fingerprint density at radius 2 is 1.82 bits per heavy atom. The van der Waals surface area contributed by atoms with Crippen molar-refractivity contribution >= 4 is 17.2 Å². The van der Waals surface area contributed by atoms with Crippen molar-refractivity contribution in [2.24, 2.45) is 5.92 Å². The molecule has 1 aliphatic heterocycles. The third-order valence-electron chi connectivity index (χ3n) is 4.40. The summed E-state index contributed by atoms with van der Waals surface area (Å²) in [5.74, 6) is 1.10. The van der Waals surface area contributed by atoms with Gasteiger partial charge in [0.05, 0.1) is 5.52 Å². The van der Waals surface area contributed by atoms with Gasteiger partial charge in [-0.1, -0.05) is 30.7 Å². The minimum Gasteiger partial charge on any atom is -0.303 e. The molecule has 2 aromatic rings. The highest BCUT2D eigenvalue weighted by molar-refractivity contribution is 5.83. The maximum Gasteiger partial charge on any atom is 0.168 e. The number of benzene rings is 1. The molecule has 1 aromatic heterocycles. The molecule has 1 saturated carbocycles. The van der Waals surface area contributed by atoms with E-state index in [2.05, 4.69) is 9.88 Å². The number of hydrogen-bond donors (Lipinski definition) is 0. The number of aromatic nitrogens is 1. The minimum atomic E-state index is 0.480. The average Bonchev–Trinajstić information content (AvgIpc) is 3.40. The second kappa shape index (κ2) is 7.50. The molecule has 0 bridgehead atoms. The lowest BCUT2D eigenvalue weighted by Gasteiger charge is -2.26. The number of nitrogens with zero attached hydrogens (tertiary/aromatic N) is 2. The lowest BCUT2D eigenvalue weighted by molar-refractivity contribution is 0.111. The van der Waals surface area contributed by atoms with Gasteiger partial charge in [-0.25, -0.2) is 4.98 Å². The van der Waals surface area contributed by atoms with Crippen LogP contribution < -0.4 is 0 Å². The predicted molar refractivity (Wildman–Crippen MR) is 90.1 cm³/mol. The van der Waals surface area contributed by atoms with Crippen molar-refractivity contribution in [1.29, 1.82) is 0 Å². The topological polar surface area (TPSA) is 33.2 Å². The van der Waals surface area contributed by atoms with E-state index >= 15 is 0 Å². The molecular weight excluding hydrogens is 272 g/mol. The molecule has 3 heteroatoms. The smallest absolute Gasteiger partial charge is 0.168 e. The van der Waals surface area contributed by atoms with Gasteiger partial charge in [-0.05, 0) is 56.8 Å². The summed E-state index contributed by atoms with van der Waals surface area (Å²) in [6, 6.07) is 11.3. The Hall–Kier alpha value is -1.74. The van der Waals surface area contributed by atoms with Crippen molar-refractivity contribution in [2.45, 2.75) is 32.1 Å². The van der Waals surface area contributed by atoms with Crippen LogP contribution >= 0.6 is 0 Å². The number of pyridine rings is 1. The third kappa shape index (κ3) is 4.38. The average molecular weight is 296 g/mol. The van der Waals surface area contributed by atoms with Crippen molar-refractivity contribution in [3.05, 3.63) is 42.1 Å². The maximum absolute atomic E-state index is 10.4. The van der Waals surface area contributed by atoms with Crippen LogP contribution in [0.5, 0.6) is 0 Å². The molecule has 2 aliphatic rings. The molecule has 4 rings (SSSR count). The summed E-state index contributed by atoms with van der Waals surface area (Å²) in [6.07, 6.45) is 8.15. The molecule has 2 fully saturated rings. The molecule has 0 amide bonds. The number of fused-ring (bicyclic) bond motifs is 1. The van der Waals surface area contributed by atoms with Crippen molar-refractivity contribution in [3.63, 3.8) is 0 Å². The molecule has 1 saturated heterocycles. The Morgan fingerprint density at radius 1 is 1.05 bits per heavy atom. The Morgan fingerprint density at radius 3 is 2.55 bits per heavy atom. The number of carbonyl (C=O) groups is 1. The molecule has 0 radical (unpaired) electrons. The van der Waals surface area contributed by atoms with Crippen LogP contribution in [0.15, 0.2) is 36.4 Å². The fourth-order valence-corrected chi connectivity index (χ4v) is 2.95. The van der Waals surface area contributed by atoms with Crippen LogP contribution in [0.1, 0.15) is 42.6 Å². The molecule has 0 spiro atoms. The lowest BCUT2D eigenvalue weighted by Crippen LogP contribution is -2.31. The zero-order valence-electron chi connectivity index (χ0n) is 13.1. The highest BCUT2D eigenvalue weighted by Gasteiger charge is 2.24. The van der Waals surface area contributed by atoms with E-state index in [4.69, 9.17) is 0 Å². The summed E-state index contributed by atoms with van der Waals surface area (Å²) in [5.41, 5.74) is 1.34. The highest BCUT2D eigenvalue weighted by atomic mass is 16.1. The van der Waals surface area contributed by atoms with Gasteiger partial charge in [-0.2, -0.15) is 0 Å². The van der Waals surface area contributed by atoms with Gasteiger partial charge in [0.2, 0.25) is 0 Å². The number of hydrogen-bond acceptors (Lipinski definition) is 3. The zero-order chi connectivity index (χ0) is 15.2. The first-order valence-corrected chi connectivity index (χ1v) is 8.38. The van der Waals surface area contributed by atoms with E-state index in [1.165, 1.54) is 51.7 Å². The maximum atomic E-state index is 10.4. The largest absolute Gasteiger partial charge is 0.303 e. The van der Waals surface area contributed by atoms with Crippen LogP contribution in [0.3, 0.4) is 0 Å². The minimum absolute atomic E-state index is 0.480. The van der Waals surface area contributed by atoms with E-state index in [9.17, 15) is 4.79 Å². The predicted octanol–water partition coefficient (Wildman–Crippen LogP) is 3.93. The summed E-state index contributed by atoms with van der Waals surface area (Å²) in [6.45, 7) is 4.19. The van der Waals surface area contributed by atoms with E-state index in [0.717, 1.165) is 23.1 Å². The van der Waals surface area contributed by atoms with E-state index in [1.807, 2.05) is 30.3 Å². The lowest BCUT2D eigenvalue weighted by atomic mass is 10.1. The van der Waals surface area contributed by atoms with Gasteiger partial charge in [-0.3, -0.25) is 4.79 Å². The first-order valence-electron chi connectivity index (χ1n) is 8.38. The molecule has 2 heterocycles. The zero-order valence-corrected chi connectivity index (χ0v) is 13.1. The Balaban J connectivity index is 0.000000133. The summed E-state index contributed by atoms with van der Waals surface area (Å²) in [7, 11) is 0. The monoisotopic (exact) mass is 296 g/mol. The molecular formula is C19H24N2O. The molecule has 0 N–H and O–H groups in total. The normalized spacial score (nSPS) is 18.5. The number of aldehydes is 1. The quantitative estimate of drug-likeness (QED) is 0.805. The Bertz CT molecular complexity index is 616. The molecule has 116 valence electrons. The van der Waals surface area contributed by atoms with Gasteiger partial charge in [0.15, 0.2) is 6.29 Å². The van der Waals surface area contributed by atoms with Crippen LogP contribution in [0.25, 0.3) is 10.9 Å². The van der Waals surface area contributed by atoms with Crippen LogP contribution in [0.2, 0.25) is 0 Å². The Kier molecular flexibility index (Phi) is 5.17. The first kappa shape index (κ1) is 15.2. The number of piperidine rings is 1. The molecule has 1 aromatic carbocycles. The number of para-hydroxylation sites is 1. The van der Waals surface area contributed by atoms with Crippen LogP contribution in [0, 0.1) is 5.92 Å². The number of rotatable bonds is 3. The van der Waals surface area contributed by atoms with Crippen molar-refractivity contribution < 1.29 is 4.79 Å². The van der Waals surface area contributed by atoms with Crippen molar-refractivity contribution in [1.82, 2.24) is 9.88 Å². The Labute approximate surface area is 132 Å². The van der Waals surface area contributed by atoms with E-state index in [-0.39, 0.29) is 0 Å². The highest BCUT2D eigenvalue weighted by Crippen LogP contribution is 2.30. The molecule has 22 heavy (non-hydrogen) atoms. The fourth-order valence-electron chi connectivity index (χ4n) is 2.95. The number of likely N-dealkylation sites (tertiary alicyclic amines) is 1.